The average molecular weight is 280 g/mol. The first-order valence-electron chi connectivity index (χ1n) is 6.65. The topological polar surface area (TPSA) is 57.4 Å². The van der Waals surface area contributed by atoms with E-state index in [9.17, 15) is 0 Å². The summed E-state index contributed by atoms with van der Waals surface area (Å²) in [5.74, 6) is 2.09. The largest absolute Gasteiger partial charge is 0.493 e. The smallest absolute Gasteiger partial charge is 0.169 e. The number of aromatic nitrogens is 1. The highest BCUT2D eigenvalue weighted by Gasteiger charge is 2.10. The van der Waals surface area contributed by atoms with E-state index in [0.717, 1.165) is 22.2 Å². The number of nitrogen functional groups attached to an aromatic ring is 1. The van der Waals surface area contributed by atoms with E-state index in [2.05, 4.69) is 4.98 Å². The molecule has 0 spiro atoms. The molecule has 3 aromatic rings. The van der Waals surface area contributed by atoms with Crippen LogP contribution in [-0.2, 0) is 0 Å². The summed E-state index contributed by atoms with van der Waals surface area (Å²) in [5, 5.41) is 1.82. The highest BCUT2D eigenvalue weighted by molar-refractivity contribution is 5.96. The average Bonchev–Trinajstić information content (AvgIpc) is 2.50. The van der Waals surface area contributed by atoms with Crippen LogP contribution in [0, 0.1) is 6.92 Å². The number of rotatable bonds is 3. The van der Waals surface area contributed by atoms with Gasteiger partial charge < -0.3 is 15.2 Å². The minimum Gasteiger partial charge on any atom is -0.493 e. The molecule has 0 amide bonds. The van der Waals surface area contributed by atoms with Gasteiger partial charge in [0.15, 0.2) is 11.5 Å². The fraction of sp³-hybridized carbons (Fsp3) is 0.118. The van der Waals surface area contributed by atoms with Gasteiger partial charge >= 0.3 is 0 Å². The SMILES string of the molecule is COc1ccccc1Oc1ccc(N)c2cnc(C)cc12. The van der Waals surface area contributed by atoms with Crippen LogP contribution in [-0.4, -0.2) is 12.1 Å². The zero-order valence-electron chi connectivity index (χ0n) is 12.0. The summed E-state index contributed by atoms with van der Waals surface area (Å²) in [5.41, 5.74) is 7.60. The minimum absolute atomic E-state index is 0.667. The molecule has 4 heteroatoms. The Morgan fingerprint density at radius 2 is 1.71 bits per heavy atom. The summed E-state index contributed by atoms with van der Waals surface area (Å²) in [6, 6.07) is 13.2. The van der Waals surface area contributed by atoms with Gasteiger partial charge in [-0.25, -0.2) is 0 Å². The molecule has 0 aliphatic rings. The first kappa shape index (κ1) is 13.2. The highest BCUT2D eigenvalue weighted by Crippen LogP contribution is 2.36. The molecule has 2 aromatic carbocycles. The van der Waals surface area contributed by atoms with Crippen LogP contribution in [0.2, 0.25) is 0 Å². The van der Waals surface area contributed by atoms with Crippen molar-refractivity contribution in [3.8, 4) is 17.2 Å². The Balaban J connectivity index is 2.13. The molecule has 4 nitrogen and oxygen atoms in total. The van der Waals surface area contributed by atoms with Crippen molar-refractivity contribution in [1.29, 1.82) is 0 Å². The fourth-order valence-electron chi connectivity index (χ4n) is 2.25. The molecule has 1 heterocycles. The predicted molar refractivity (Wildman–Crippen MR) is 84.0 cm³/mol. The predicted octanol–water partition coefficient (Wildman–Crippen LogP) is 3.93. The van der Waals surface area contributed by atoms with Crippen LogP contribution in [0.4, 0.5) is 5.69 Å². The van der Waals surface area contributed by atoms with Gasteiger partial charge in [-0.2, -0.15) is 0 Å². The number of methoxy groups -OCH3 is 1. The zero-order valence-corrected chi connectivity index (χ0v) is 12.0. The molecule has 0 unspecified atom stereocenters. The maximum Gasteiger partial charge on any atom is 0.169 e. The third kappa shape index (κ3) is 2.48. The van der Waals surface area contributed by atoms with Crippen molar-refractivity contribution < 1.29 is 9.47 Å². The van der Waals surface area contributed by atoms with E-state index >= 15 is 0 Å². The van der Waals surface area contributed by atoms with Crippen LogP contribution in [0.25, 0.3) is 10.8 Å². The number of nitrogens with zero attached hydrogens (tertiary/aromatic N) is 1. The zero-order chi connectivity index (χ0) is 14.8. The number of hydrogen-bond acceptors (Lipinski definition) is 4. The van der Waals surface area contributed by atoms with Gasteiger partial charge in [-0.1, -0.05) is 12.1 Å². The lowest BCUT2D eigenvalue weighted by Crippen LogP contribution is -1.94. The lowest BCUT2D eigenvalue weighted by molar-refractivity contribution is 0.380. The molecular formula is C17H16N2O2. The van der Waals surface area contributed by atoms with Crippen LogP contribution in [0.3, 0.4) is 0 Å². The lowest BCUT2D eigenvalue weighted by atomic mass is 10.1. The number of fused-ring (bicyclic) bond motifs is 1. The van der Waals surface area contributed by atoms with Crippen LogP contribution < -0.4 is 15.2 Å². The normalized spacial score (nSPS) is 10.6. The Hall–Kier alpha value is -2.75. The highest BCUT2D eigenvalue weighted by atomic mass is 16.5. The molecule has 0 fully saturated rings. The van der Waals surface area contributed by atoms with E-state index in [0.29, 0.717) is 17.2 Å². The van der Waals surface area contributed by atoms with Crippen LogP contribution >= 0.6 is 0 Å². The summed E-state index contributed by atoms with van der Waals surface area (Å²) in [6.07, 6.45) is 1.77. The summed E-state index contributed by atoms with van der Waals surface area (Å²) in [6.45, 7) is 1.94. The van der Waals surface area contributed by atoms with E-state index in [4.69, 9.17) is 15.2 Å². The van der Waals surface area contributed by atoms with Crippen molar-refractivity contribution in [3.05, 3.63) is 54.4 Å². The first-order chi connectivity index (χ1) is 10.2. The number of para-hydroxylation sites is 2. The van der Waals surface area contributed by atoms with Crippen molar-refractivity contribution >= 4 is 16.5 Å². The molecule has 21 heavy (non-hydrogen) atoms. The molecule has 0 bridgehead atoms. The molecule has 0 aliphatic carbocycles. The Bertz CT molecular complexity index is 800. The Kier molecular flexibility index (Phi) is 3.36. The number of aryl methyl sites for hydroxylation is 1. The summed E-state index contributed by atoms with van der Waals surface area (Å²) in [4.78, 5) is 4.29. The number of nitrogens with two attached hydrogens (primary N) is 1. The van der Waals surface area contributed by atoms with E-state index in [1.807, 2.05) is 49.4 Å². The number of pyridine rings is 1. The third-order valence-electron chi connectivity index (χ3n) is 3.32. The first-order valence-corrected chi connectivity index (χ1v) is 6.65. The van der Waals surface area contributed by atoms with Gasteiger partial charge in [-0.05, 0) is 37.3 Å². The molecular weight excluding hydrogens is 264 g/mol. The lowest BCUT2D eigenvalue weighted by Gasteiger charge is -2.13. The van der Waals surface area contributed by atoms with Crippen molar-refractivity contribution in [2.24, 2.45) is 0 Å². The van der Waals surface area contributed by atoms with Crippen molar-refractivity contribution in [3.63, 3.8) is 0 Å². The molecule has 106 valence electrons. The second-order valence-electron chi connectivity index (χ2n) is 4.78. The quantitative estimate of drug-likeness (QED) is 0.739. The van der Waals surface area contributed by atoms with E-state index in [1.54, 1.807) is 13.3 Å². The molecule has 0 saturated carbocycles. The van der Waals surface area contributed by atoms with E-state index in [1.165, 1.54) is 0 Å². The van der Waals surface area contributed by atoms with Crippen LogP contribution in [0.1, 0.15) is 5.69 Å². The summed E-state index contributed by atoms with van der Waals surface area (Å²) in [7, 11) is 1.62. The summed E-state index contributed by atoms with van der Waals surface area (Å²) >= 11 is 0. The molecule has 0 atom stereocenters. The number of ether oxygens (including phenoxy) is 2. The minimum atomic E-state index is 0.667. The molecule has 2 N–H and O–H groups in total. The van der Waals surface area contributed by atoms with Gasteiger partial charge in [-0.3, -0.25) is 4.98 Å². The number of anilines is 1. The van der Waals surface area contributed by atoms with Crippen LogP contribution in [0.5, 0.6) is 17.2 Å². The van der Waals surface area contributed by atoms with Gasteiger partial charge in [-0.15, -0.1) is 0 Å². The van der Waals surface area contributed by atoms with Gasteiger partial charge in [0.2, 0.25) is 0 Å². The Morgan fingerprint density at radius 1 is 0.952 bits per heavy atom. The van der Waals surface area contributed by atoms with Gasteiger partial charge in [0, 0.05) is 28.4 Å². The number of hydrogen-bond donors (Lipinski definition) is 1. The fourth-order valence-corrected chi connectivity index (χ4v) is 2.25. The van der Waals surface area contributed by atoms with Gasteiger partial charge in [0.25, 0.3) is 0 Å². The monoisotopic (exact) mass is 280 g/mol. The van der Waals surface area contributed by atoms with E-state index < -0.39 is 0 Å². The Labute approximate surface area is 123 Å². The maximum atomic E-state index is 6.02. The van der Waals surface area contributed by atoms with Gasteiger partial charge in [0.1, 0.15) is 5.75 Å². The van der Waals surface area contributed by atoms with Gasteiger partial charge in [0.05, 0.1) is 7.11 Å². The molecule has 0 radical (unpaired) electrons. The van der Waals surface area contributed by atoms with E-state index in [-0.39, 0.29) is 0 Å². The standard InChI is InChI=1S/C17H16N2O2/c1-11-9-12-13(10-19-11)14(18)7-8-15(12)21-17-6-4-3-5-16(17)20-2/h3-10H,18H2,1-2H3. The molecule has 0 aliphatic heterocycles. The summed E-state index contributed by atoms with van der Waals surface area (Å²) < 4.78 is 11.3. The van der Waals surface area contributed by atoms with Crippen molar-refractivity contribution in [2.45, 2.75) is 6.92 Å². The van der Waals surface area contributed by atoms with Crippen molar-refractivity contribution in [1.82, 2.24) is 4.98 Å². The second kappa shape index (κ2) is 5.32. The third-order valence-corrected chi connectivity index (χ3v) is 3.32. The molecule has 1 aromatic heterocycles. The molecule has 3 rings (SSSR count). The van der Waals surface area contributed by atoms with Crippen LogP contribution in [0.15, 0.2) is 48.7 Å². The second-order valence-corrected chi connectivity index (χ2v) is 4.78. The maximum absolute atomic E-state index is 6.02. The number of benzene rings is 2. The molecule has 0 saturated heterocycles. The van der Waals surface area contributed by atoms with Crippen molar-refractivity contribution in [2.75, 3.05) is 12.8 Å². The Morgan fingerprint density at radius 3 is 2.48 bits per heavy atom.